The first-order valence-electron chi connectivity index (χ1n) is 9.99. The van der Waals surface area contributed by atoms with Gasteiger partial charge in [0.05, 0.1) is 18.1 Å². The van der Waals surface area contributed by atoms with Crippen molar-refractivity contribution in [3.63, 3.8) is 0 Å². The van der Waals surface area contributed by atoms with Gasteiger partial charge >= 0.3 is 0 Å². The lowest BCUT2D eigenvalue weighted by Crippen LogP contribution is -2.29. The molecule has 148 valence electrons. The molecule has 1 unspecified atom stereocenters. The second-order valence-corrected chi connectivity index (χ2v) is 7.52. The van der Waals surface area contributed by atoms with E-state index in [1.165, 1.54) is 6.42 Å². The molecule has 4 aromatic rings. The smallest absolute Gasteiger partial charge is 0.165 e. The molecule has 0 aliphatic carbocycles. The average Bonchev–Trinajstić information content (AvgIpc) is 3.39. The quantitative estimate of drug-likeness (QED) is 0.547. The Morgan fingerprint density at radius 2 is 2.21 bits per heavy atom. The molecule has 1 saturated heterocycles. The molecule has 0 saturated carbocycles. The van der Waals surface area contributed by atoms with E-state index in [1.54, 1.807) is 10.9 Å². The Morgan fingerprint density at radius 1 is 1.24 bits per heavy atom. The molecule has 0 radical (unpaired) electrons. The zero-order valence-electron chi connectivity index (χ0n) is 16.4. The lowest BCUT2D eigenvalue weighted by Gasteiger charge is -2.23. The molecule has 0 amide bonds. The molecule has 0 aromatic carbocycles. The van der Waals surface area contributed by atoms with Crippen LogP contribution in [0.15, 0.2) is 49.2 Å². The number of aromatic nitrogens is 6. The highest BCUT2D eigenvalue weighted by Crippen LogP contribution is 2.29. The molecule has 4 aromatic heterocycles. The van der Waals surface area contributed by atoms with E-state index in [1.807, 2.05) is 42.4 Å². The molecule has 29 heavy (non-hydrogen) atoms. The normalized spacial score (nSPS) is 16.9. The second-order valence-electron chi connectivity index (χ2n) is 7.52. The molecule has 0 spiro atoms. The highest BCUT2D eigenvalue weighted by Gasteiger charge is 2.21. The third-order valence-corrected chi connectivity index (χ3v) is 5.42. The third kappa shape index (κ3) is 3.58. The summed E-state index contributed by atoms with van der Waals surface area (Å²) in [7, 11) is 1.92. The van der Waals surface area contributed by atoms with Crippen molar-refractivity contribution < 1.29 is 0 Å². The maximum atomic E-state index is 5.03. The van der Waals surface area contributed by atoms with E-state index in [9.17, 15) is 0 Å². The Labute approximate surface area is 169 Å². The van der Waals surface area contributed by atoms with Crippen LogP contribution in [0, 0.1) is 0 Å². The lowest BCUT2D eigenvalue weighted by atomic mass is 9.96. The van der Waals surface area contributed by atoms with Crippen molar-refractivity contribution in [1.82, 2.24) is 34.7 Å². The minimum atomic E-state index is 0.407. The zero-order valence-corrected chi connectivity index (χ0v) is 16.4. The van der Waals surface area contributed by atoms with E-state index in [2.05, 4.69) is 37.9 Å². The van der Waals surface area contributed by atoms with E-state index < -0.39 is 0 Å². The fourth-order valence-corrected chi connectivity index (χ4v) is 3.88. The third-order valence-electron chi connectivity index (χ3n) is 5.42. The SMILES string of the molecule is Cn1cc(-c2cnn3c(NCc4cccnc4)cc(C4CCCNC4)nc23)cn1. The molecular formula is C21H24N8. The fourth-order valence-electron chi connectivity index (χ4n) is 3.88. The molecule has 5 heterocycles. The monoisotopic (exact) mass is 388 g/mol. The number of pyridine rings is 1. The second kappa shape index (κ2) is 7.63. The highest BCUT2D eigenvalue weighted by atomic mass is 15.3. The van der Waals surface area contributed by atoms with E-state index in [-0.39, 0.29) is 0 Å². The Bertz CT molecular complexity index is 1110. The van der Waals surface area contributed by atoms with Gasteiger partial charge in [-0.15, -0.1) is 0 Å². The van der Waals surface area contributed by atoms with Gasteiger partial charge in [0.2, 0.25) is 0 Å². The van der Waals surface area contributed by atoms with Crippen LogP contribution in [0.1, 0.15) is 30.0 Å². The summed E-state index contributed by atoms with van der Waals surface area (Å²) in [4.78, 5) is 9.24. The van der Waals surface area contributed by atoms with Gasteiger partial charge in [-0.05, 0) is 31.0 Å². The van der Waals surface area contributed by atoms with Crippen LogP contribution in [0.25, 0.3) is 16.8 Å². The predicted molar refractivity (Wildman–Crippen MR) is 112 cm³/mol. The average molecular weight is 388 g/mol. The Morgan fingerprint density at radius 3 is 2.97 bits per heavy atom. The van der Waals surface area contributed by atoms with Gasteiger partial charge in [0.1, 0.15) is 5.82 Å². The highest BCUT2D eigenvalue weighted by molar-refractivity contribution is 5.77. The fraction of sp³-hybridized carbons (Fsp3) is 0.333. The summed E-state index contributed by atoms with van der Waals surface area (Å²) in [6, 6.07) is 6.16. The molecule has 1 aliphatic heterocycles. The van der Waals surface area contributed by atoms with Gasteiger partial charge in [-0.1, -0.05) is 6.07 Å². The molecule has 1 atom stereocenters. The van der Waals surface area contributed by atoms with Crippen molar-refractivity contribution in [1.29, 1.82) is 0 Å². The number of anilines is 1. The van der Waals surface area contributed by atoms with Gasteiger partial charge in [0, 0.05) is 61.8 Å². The zero-order chi connectivity index (χ0) is 19.6. The van der Waals surface area contributed by atoms with Crippen LogP contribution < -0.4 is 10.6 Å². The van der Waals surface area contributed by atoms with Crippen molar-refractivity contribution in [2.45, 2.75) is 25.3 Å². The van der Waals surface area contributed by atoms with Gasteiger partial charge in [-0.2, -0.15) is 14.7 Å². The van der Waals surface area contributed by atoms with E-state index in [0.717, 1.165) is 53.4 Å². The van der Waals surface area contributed by atoms with Crippen molar-refractivity contribution in [2.24, 2.45) is 7.05 Å². The minimum Gasteiger partial charge on any atom is -0.366 e. The Hall–Kier alpha value is -3.26. The lowest BCUT2D eigenvalue weighted by molar-refractivity contribution is 0.455. The van der Waals surface area contributed by atoms with Crippen molar-refractivity contribution in [3.8, 4) is 11.1 Å². The number of nitrogens with zero attached hydrogens (tertiary/aromatic N) is 6. The first kappa shape index (κ1) is 17.8. The first-order chi connectivity index (χ1) is 14.3. The van der Waals surface area contributed by atoms with E-state index >= 15 is 0 Å². The standard InChI is InChI=1S/C21H24N8/c1-28-14-17(12-25-28)18-13-26-29-20(24-10-15-4-2-6-22-9-15)8-19(27-21(18)29)16-5-3-7-23-11-16/h2,4,6,8-9,12-14,16,23-24H,3,5,7,10-11H2,1H3. The first-order valence-corrected chi connectivity index (χ1v) is 9.99. The Kier molecular flexibility index (Phi) is 4.69. The molecule has 8 nitrogen and oxygen atoms in total. The number of hydrogen-bond donors (Lipinski definition) is 2. The number of nitrogens with one attached hydrogen (secondary N) is 2. The molecule has 1 aliphatic rings. The largest absolute Gasteiger partial charge is 0.366 e. The molecule has 0 bridgehead atoms. The van der Waals surface area contributed by atoms with Gasteiger partial charge in [0.15, 0.2) is 5.65 Å². The molecule has 5 rings (SSSR count). The summed E-state index contributed by atoms with van der Waals surface area (Å²) in [6.07, 6.45) is 11.7. The summed E-state index contributed by atoms with van der Waals surface area (Å²) in [5, 5.41) is 16.0. The topological polar surface area (TPSA) is 85.0 Å². The molecule has 2 N–H and O–H groups in total. The van der Waals surface area contributed by atoms with Crippen LogP contribution in [0.5, 0.6) is 0 Å². The number of rotatable bonds is 5. The summed E-state index contributed by atoms with van der Waals surface area (Å²) in [5.41, 5.74) is 5.09. The summed E-state index contributed by atoms with van der Waals surface area (Å²) < 4.78 is 3.69. The number of fused-ring (bicyclic) bond motifs is 1. The summed E-state index contributed by atoms with van der Waals surface area (Å²) in [6.45, 7) is 2.72. The van der Waals surface area contributed by atoms with Crippen molar-refractivity contribution in [2.75, 3.05) is 18.4 Å². The van der Waals surface area contributed by atoms with Crippen molar-refractivity contribution in [3.05, 3.63) is 60.4 Å². The van der Waals surface area contributed by atoms with Crippen LogP contribution >= 0.6 is 0 Å². The van der Waals surface area contributed by atoms with Crippen LogP contribution in [-0.4, -0.2) is 42.5 Å². The number of aryl methyl sites for hydroxylation is 1. The number of hydrogen-bond acceptors (Lipinski definition) is 6. The summed E-state index contributed by atoms with van der Waals surface area (Å²) >= 11 is 0. The Balaban J connectivity index is 1.57. The molecule has 8 heteroatoms. The van der Waals surface area contributed by atoms with Crippen LogP contribution in [0.4, 0.5) is 5.82 Å². The maximum Gasteiger partial charge on any atom is 0.165 e. The molecule has 1 fully saturated rings. The van der Waals surface area contributed by atoms with Crippen molar-refractivity contribution >= 4 is 11.5 Å². The predicted octanol–water partition coefficient (Wildman–Crippen LogP) is 2.60. The van der Waals surface area contributed by atoms with E-state index in [0.29, 0.717) is 12.5 Å². The minimum absolute atomic E-state index is 0.407. The maximum absolute atomic E-state index is 5.03. The van der Waals surface area contributed by atoms with E-state index in [4.69, 9.17) is 4.98 Å². The van der Waals surface area contributed by atoms with Gasteiger partial charge < -0.3 is 10.6 Å². The number of piperidine rings is 1. The summed E-state index contributed by atoms with van der Waals surface area (Å²) in [5.74, 6) is 1.35. The van der Waals surface area contributed by atoms with Crippen LogP contribution in [0.2, 0.25) is 0 Å². The van der Waals surface area contributed by atoms with Crippen LogP contribution in [0.3, 0.4) is 0 Å². The molecular weight excluding hydrogens is 364 g/mol. The van der Waals surface area contributed by atoms with Gasteiger partial charge in [-0.25, -0.2) is 4.98 Å². The van der Waals surface area contributed by atoms with Gasteiger partial charge in [-0.3, -0.25) is 9.67 Å². The van der Waals surface area contributed by atoms with Crippen LogP contribution in [-0.2, 0) is 13.6 Å². The van der Waals surface area contributed by atoms with Gasteiger partial charge in [0.25, 0.3) is 0 Å².